The van der Waals surface area contributed by atoms with Crippen LogP contribution in [0, 0.1) is 6.57 Å². The van der Waals surface area contributed by atoms with Crippen molar-refractivity contribution in [2.75, 3.05) is 0 Å². The number of sulfonamides is 1. The molecule has 1 atom stereocenters. The van der Waals surface area contributed by atoms with Crippen molar-refractivity contribution in [3.05, 3.63) is 83.8 Å². The Morgan fingerprint density at radius 1 is 0.889 bits per heavy atom. The molecule has 9 nitrogen and oxygen atoms in total. The van der Waals surface area contributed by atoms with Crippen molar-refractivity contribution in [3.8, 4) is 0 Å². The van der Waals surface area contributed by atoms with Gasteiger partial charge in [-0.3, -0.25) is 0 Å². The van der Waals surface area contributed by atoms with Crippen LogP contribution in [-0.4, -0.2) is 35.7 Å². The first-order valence-corrected chi connectivity index (χ1v) is 14.2. The number of halogens is 3. The SMILES string of the molecule is [C-]#[N+]c1ccc(S(=O)(=O)c2ccc([C@H](C)NS(=O)(=O)C(F)(F)F)cc2)c(S(=O)(=O)c2ccccn2)c1. The quantitative estimate of drug-likeness (QED) is 0.436. The summed E-state index contributed by atoms with van der Waals surface area (Å²) >= 11 is 0. The van der Waals surface area contributed by atoms with Gasteiger partial charge in [0.2, 0.25) is 19.7 Å². The predicted molar refractivity (Wildman–Crippen MR) is 121 cm³/mol. The minimum Gasteiger partial charge on any atom is -0.244 e. The van der Waals surface area contributed by atoms with E-state index in [9.17, 15) is 38.4 Å². The van der Waals surface area contributed by atoms with E-state index in [1.54, 1.807) is 0 Å². The Kier molecular flexibility index (Phi) is 7.29. The largest absolute Gasteiger partial charge is 0.511 e. The summed E-state index contributed by atoms with van der Waals surface area (Å²) in [4.78, 5) is 5.18. The zero-order valence-electron chi connectivity index (χ0n) is 18.1. The molecular weight excluding hydrogens is 543 g/mol. The average molecular weight is 560 g/mol. The van der Waals surface area contributed by atoms with E-state index in [4.69, 9.17) is 6.57 Å². The minimum absolute atomic E-state index is 0.0199. The number of alkyl halides is 3. The molecule has 1 heterocycles. The molecule has 0 aliphatic carbocycles. The first-order valence-electron chi connectivity index (χ1n) is 9.72. The summed E-state index contributed by atoms with van der Waals surface area (Å²) in [5.41, 5.74) is -5.64. The lowest BCUT2D eigenvalue weighted by Gasteiger charge is -2.17. The van der Waals surface area contributed by atoms with Crippen LogP contribution in [-0.2, 0) is 29.7 Å². The van der Waals surface area contributed by atoms with E-state index in [0.29, 0.717) is 0 Å². The van der Waals surface area contributed by atoms with Gasteiger partial charge in [0.05, 0.1) is 21.3 Å². The number of hydrogen-bond donors (Lipinski definition) is 1. The first-order chi connectivity index (χ1) is 16.6. The van der Waals surface area contributed by atoms with Crippen molar-refractivity contribution in [1.82, 2.24) is 9.71 Å². The molecule has 36 heavy (non-hydrogen) atoms. The van der Waals surface area contributed by atoms with E-state index >= 15 is 0 Å². The second kappa shape index (κ2) is 9.62. The van der Waals surface area contributed by atoms with Crippen LogP contribution in [0.4, 0.5) is 18.9 Å². The van der Waals surface area contributed by atoms with E-state index < -0.39 is 61.0 Å². The van der Waals surface area contributed by atoms with Gasteiger partial charge in [0.15, 0.2) is 10.7 Å². The van der Waals surface area contributed by atoms with Gasteiger partial charge in [-0.05, 0) is 42.8 Å². The molecule has 2 aromatic carbocycles. The summed E-state index contributed by atoms with van der Waals surface area (Å²) in [5.74, 6) is 0. The molecule has 0 saturated carbocycles. The van der Waals surface area contributed by atoms with Crippen LogP contribution in [0.15, 0.2) is 86.6 Å². The molecule has 0 unspecified atom stereocenters. The highest BCUT2D eigenvalue weighted by Gasteiger charge is 2.46. The van der Waals surface area contributed by atoms with Gasteiger partial charge in [-0.2, -0.15) is 13.2 Å². The molecule has 0 radical (unpaired) electrons. The lowest BCUT2D eigenvalue weighted by Crippen LogP contribution is -2.37. The van der Waals surface area contributed by atoms with Gasteiger partial charge in [-0.15, -0.1) is 0 Å². The molecule has 3 rings (SSSR count). The van der Waals surface area contributed by atoms with Gasteiger partial charge in [-0.25, -0.2) is 39.8 Å². The van der Waals surface area contributed by atoms with Crippen molar-refractivity contribution in [3.63, 3.8) is 0 Å². The van der Waals surface area contributed by atoms with Gasteiger partial charge in [0.25, 0.3) is 0 Å². The van der Waals surface area contributed by atoms with Crippen molar-refractivity contribution in [1.29, 1.82) is 0 Å². The highest BCUT2D eigenvalue weighted by atomic mass is 32.2. The van der Waals surface area contributed by atoms with Gasteiger partial charge in [0.1, 0.15) is 0 Å². The zero-order valence-corrected chi connectivity index (χ0v) is 20.6. The Morgan fingerprint density at radius 3 is 2.06 bits per heavy atom. The fourth-order valence-electron chi connectivity index (χ4n) is 3.05. The van der Waals surface area contributed by atoms with E-state index in [1.165, 1.54) is 23.1 Å². The van der Waals surface area contributed by atoms with Crippen LogP contribution in [0.3, 0.4) is 0 Å². The van der Waals surface area contributed by atoms with Gasteiger partial charge in [0, 0.05) is 12.2 Å². The van der Waals surface area contributed by atoms with Gasteiger partial charge in [-0.1, -0.05) is 30.3 Å². The van der Waals surface area contributed by atoms with Crippen LogP contribution in [0.2, 0.25) is 0 Å². The molecule has 0 bridgehead atoms. The summed E-state index contributed by atoms with van der Waals surface area (Å²) < 4.78 is 115. The Hall–Kier alpha value is -3.32. The molecule has 0 aliphatic rings. The van der Waals surface area contributed by atoms with E-state index in [2.05, 4.69) is 9.83 Å². The van der Waals surface area contributed by atoms with Gasteiger partial charge < -0.3 is 0 Å². The minimum atomic E-state index is -5.65. The molecule has 0 fully saturated rings. The normalized spacial score (nSPS) is 13.6. The van der Waals surface area contributed by atoms with Crippen LogP contribution in [0.5, 0.6) is 0 Å². The molecule has 15 heteroatoms. The topological polar surface area (TPSA) is 132 Å². The fraction of sp³-hybridized carbons (Fsp3) is 0.143. The third kappa shape index (κ3) is 5.26. The second-order valence-electron chi connectivity index (χ2n) is 7.28. The highest BCUT2D eigenvalue weighted by molar-refractivity contribution is 7.94. The summed E-state index contributed by atoms with van der Waals surface area (Å²) in [6.07, 6.45) is 1.20. The average Bonchev–Trinajstić information content (AvgIpc) is 2.83. The fourth-order valence-corrected chi connectivity index (χ4v) is 7.05. The summed E-state index contributed by atoms with van der Waals surface area (Å²) in [5, 5.41) is -0.440. The molecule has 0 saturated heterocycles. The van der Waals surface area contributed by atoms with Gasteiger partial charge >= 0.3 is 15.5 Å². The summed E-state index contributed by atoms with van der Waals surface area (Å²) in [6, 6.07) is 9.85. The predicted octanol–water partition coefficient (Wildman–Crippen LogP) is 3.80. The maximum absolute atomic E-state index is 13.4. The Balaban J connectivity index is 2.06. The Morgan fingerprint density at radius 2 is 1.53 bits per heavy atom. The maximum Gasteiger partial charge on any atom is 0.511 e. The number of aromatic nitrogens is 1. The number of pyridine rings is 1. The molecule has 3 aromatic rings. The Labute approximate surface area is 205 Å². The highest BCUT2D eigenvalue weighted by Crippen LogP contribution is 2.34. The van der Waals surface area contributed by atoms with Crippen molar-refractivity contribution in [2.45, 2.75) is 38.2 Å². The number of nitrogens with one attached hydrogen (secondary N) is 1. The van der Waals surface area contributed by atoms with Crippen LogP contribution in [0.25, 0.3) is 4.85 Å². The molecule has 0 amide bonds. The number of sulfone groups is 2. The van der Waals surface area contributed by atoms with E-state index in [1.807, 2.05) is 0 Å². The van der Waals surface area contributed by atoms with E-state index in [0.717, 1.165) is 55.5 Å². The van der Waals surface area contributed by atoms with Crippen molar-refractivity contribution < 1.29 is 38.4 Å². The molecule has 1 aromatic heterocycles. The third-order valence-corrected chi connectivity index (χ3v) is 9.81. The standard InChI is InChI=1S/C21H16F3N3O6S3/c1-14(27-36(32,33)21(22,23)24)15-6-9-17(10-7-15)34(28,29)18-11-8-16(25-2)13-19(18)35(30,31)20-5-3-4-12-26-20/h3-14,27H,1H3/t14-/m0/s1. The summed E-state index contributed by atoms with van der Waals surface area (Å²) in [6.45, 7) is 8.28. The Bertz CT molecular complexity index is 1650. The molecule has 0 aliphatic heterocycles. The lowest BCUT2D eigenvalue weighted by atomic mass is 10.1. The molecule has 0 spiro atoms. The lowest BCUT2D eigenvalue weighted by molar-refractivity contribution is -0.0450. The summed E-state index contributed by atoms with van der Waals surface area (Å²) in [7, 11) is -14.6. The third-order valence-electron chi connectivity index (χ3n) is 4.88. The number of hydrogen-bond acceptors (Lipinski definition) is 7. The monoisotopic (exact) mass is 559 g/mol. The second-order valence-corrected chi connectivity index (χ2v) is 12.8. The van der Waals surface area contributed by atoms with E-state index in [-0.39, 0.29) is 11.3 Å². The van der Waals surface area contributed by atoms with Crippen molar-refractivity contribution >= 4 is 35.4 Å². The maximum atomic E-state index is 13.4. The smallest absolute Gasteiger partial charge is 0.244 e. The first kappa shape index (κ1) is 27.3. The number of rotatable bonds is 7. The molecule has 190 valence electrons. The van der Waals surface area contributed by atoms with Crippen LogP contribution in [0.1, 0.15) is 18.5 Å². The van der Waals surface area contributed by atoms with Crippen LogP contribution < -0.4 is 4.72 Å². The number of nitrogens with zero attached hydrogens (tertiary/aromatic N) is 2. The molecular formula is C21H16F3N3O6S3. The molecule has 1 N–H and O–H groups in total. The van der Waals surface area contributed by atoms with Crippen molar-refractivity contribution in [2.24, 2.45) is 0 Å². The van der Waals surface area contributed by atoms with Crippen LogP contribution >= 0.6 is 0 Å². The zero-order chi connectivity index (χ0) is 26.9. The number of benzene rings is 2.